The van der Waals surface area contributed by atoms with Gasteiger partial charge in [-0.3, -0.25) is 4.79 Å². The average Bonchev–Trinajstić information content (AvgIpc) is 3.24. The number of carbonyl (C=O) groups excluding carboxylic acids is 1. The third-order valence-electron chi connectivity index (χ3n) is 3.56. The van der Waals surface area contributed by atoms with Crippen LogP contribution < -0.4 is 10.6 Å². The molecule has 0 aliphatic heterocycles. The highest BCUT2D eigenvalue weighted by Gasteiger charge is 2.27. The standard InChI is InChI=1S/C15H22N2O2/c1-15(11-18,13-5-3-2-4-6-13)17-14(19)10-16-9-12-7-8-12/h2-6,12,16,18H,7-11H2,1H3,(H,17,19). The van der Waals surface area contributed by atoms with Crippen LogP contribution in [0.25, 0.3) is 0 Å². The third-order valence-corrected chi connectivity index (χ3v) is 3.56. The van der Waals surface area contributed by atoms with Crippen LogP contribution in [0, 0.1) is 5.92 Å². The van der Waals surface area contributed by atoms with Gasteiger partial charge in [-0.15, -0.1) is 0 Å². The van der Waals surface area contributed by atoms with Crippen molar-refractivity contribution >= 4 is 5.91 Å². The van der Waals surface area contributed by atoms with Crippen LogP contribution in [0.5, 0.6) is 0 Å². The van der Waals surface area contributed by atoms with E-state index >= 15 is 0 Å². The summed E-state index contributed by atoms with van der Waals surface area (Å²) in [6, 6.07) is 9.55. The third kappa shape index (κ3) is 4.04. The number of carbonyl (C=O) groups is 1. The molecule has 1 saturated carbocycles. The van der Waals surface area contributed by atoms with Crippen molar-refractivity contribution in [1.29, 1.82) is 0 Å². The van der Waals surface area contributed by atoms with Crippen LogP contribution in [-0.4, -0.2) is 30.7 Å². The van der Waals surface area contributed by atoms with Gasteiger partial charge in [-0.25, -0.2) is 0 Å². The lowest BCUT2D eigenvalue weighted by atomic mass is 9.93. The maximum atomic E-state index is 11.9. The van der Waals surface area contributed by atoms with E-state index < -0.39 is 5.54 Å². The van der Waals surface area contributed by atoms with Crippen molar-refractivity contribution in [2.24, 2.45) is 5.92 Å². The zero-order valence-corrected chi connectivity index (χ0v) is 11.4. The van der Waals surface area contributed by atoms with Gasteiger partial charge in [0.05, 0.1) is 18.7 Å². The van der Waals surface area contributed by atoms with E-state index in [9.17, 15) is 9.90 Å². The average molecular weight is 262 g/mol. The van der Waals surface area contributed by atoms with Crippen LogP contribution in [0.3, 0.4) is 0 Å². The van der Waals surface area contributed by atoms with E-state index in [1.165, 1.54) is 12.8 Å². The molecule has 1 atom stereocenters. The minimum absolute atomic E-state index is 0.0824. The van der Waals surface area contributed by atoms with E-state index in [1.807, 2.05) is 37.3 Å². The Bertz CT molecular complexity index is 417. The minimum atomic E-state index is -0.723. The topological polar surface area (TPSA) is 61.4 Å². The molecular weight excluding hydrogens is 240 g/mol. The van der Waals surface area contributed by atoms with Gasteiger partial charge in [-0.2, -0.15) is 0 Å². The summed E-state index contributed by atoms with van der Waals surface area (Å²) in [6.45, 7) is 2.93. The van der Waals surface area contributed by atoms with E-state index in [2.05, 4.69) is 10.6 Å². The van der Waals surface area contributed by atoms with Crippen LogP contribution in [-0.2, 0) is 10.3 Å². The second kappa shape index (κ2) is 6.17. The van der Waals surface area contributed by atoms with E-state index in [4.69, 9.17) is 0 Å². The number of aliphatic hydroxyl groups excluding tert-OH is 1. The molecule has 1 fully saturated rings. The lowest BCUT2D eigenvalue weighted by Crippen LogP contribution is -2.49. The highest BCUT2D eigenvalue weighted by molar-refractivity contribution is 5.79. The Kier molecular flexibility index (Phi) is 4.56. The smallest absolute Gasteiger partial charge is 0.234 e. The summed E-state index contributed by atoms with van der Waals surface area (Å²) in [4.78, 5) is 11.9. The highest BCUT2D eigenvalue weighted by atomic mass is 16.3. The van der Waals surface area contributed by atoms with Gasteiger partial charge in [0.1, 0.15) is 0 Å². The molecule has 1 aliphatic carbocycles. The lowest BCUT2D eigenvalue weighted by Gasteiger charge is -2.29. The quantitative estimate of drug-likeness (QED) is 0.687. The van der Waals surface area contributed by atoms with E-state index in [0.29, 0.717) is 6.54 Å². The Morgan fingerprint density at radius 1 is 1.37 bits per heavy atom. The van der Waals surface area contributed by atoms with Crippen molar-refractivity contribution in [2.75, 3.05) is 19.7 Å². The Balaban J connectivity index is 1.87. The molecule has 1 aliphatic rings. The fourth-order valence-corrected chi connectivity index (χ4v) is 2.07. The monoisotopic (exact) mass is 262 g/mol. The molecule has 1 aromatic carbocycles. The maximum absolute atomic E-state index is 11.9. The highest BCUT2D eigenvalue weighted by Crippen LogP contribution is 2.27. The molecular formula is C15H22N2O2. The van der Waals surface area contributed by atoms with Crippen molar-refractivity contribution in [3.05, 3.63) is 35.9 Å². The van der Waals surface area contributed by atoms with Gasteiger partial charge in [0.25, 0.3) is 0 Å². The Hall–Kier alpha value is -1.39. The second-order valence-electron chi connectivity index (χ2n) is 5.48. The summed E-state index contributed by atoms with van der Waals surface area (Å²) < 4.78 is 0. The summed E-state index contributed by atoms with van der Waals surface area (Å²) in [5.41, 5.74) is 0.188. The number of benzene rings is 1. The van der Waals surface area contributed by atoms with Crippen LogP contribution in [0.4, 0.5) is 0 Å². The van der Waals surface area contributed by atoms with Crippen molar-refractivity contribution in [2.45, 2.75) is 25.3 Å². The van der Waals surface area contributed by atoms with Gasteiger partial charge in [0.2, 0.25) is 5.91 Å². The predicted molar refractivity (Wildman–Crippen MR) is 74.6 cm³/mol. The number of hydrogen-bond acceptors (Lipinski definition) is 3. The summed E-state index contributed by atoms with van der Waals surface area (Å²) in [7, 11) is 0. The van der Waals surface area contributed by atoms with E-state index in [-0.39, 0.29) is 12.5 Å². The molecule has 0 radical (unpaired) electrons. The zero-order chi connectivity index (χ0) is 13.7. The van der Waals surface area contributed by atoms with Crippen molar-refractivity contribution in [3.63, 3.8) is 0 Å². The Morgan fingerprint density at radius 2 is 2.05 bits per heavy atom. The number of rotatable bonds is 7. The molecule has 0 aromatic heterocycles. The van der Waals surface area contributed by atoms with E-state index in [0.717, 1.165) is 18.0 Å². The van der Waals surface area contributed by atoms with Gasteiger partial charge >= 0.3 is 0 Å². The molecule has 3 N–H and O–H groups in total. The second-order valence-corrected chi connectivity index (χ2v) is 5.48. The number of nitrogens with one attached hydrogen (secondary N) is 2. The molecule has 4 nitrogen and oxygen atoms in total. The molecule has 19 heavy (non-hydrogen) atoms. The van der Waals surface area contributed by atoms with E-state index in [1.54, 1.807) is 0 Å². The maximum Gasteiger partial charge on any atom is 0.234 e. The molecule has 1 amide bonds. The van der Waals surface area contributed by atoms with Gasteiger partial charge in [0, 0.05) is 0 Å². The fourth-order valence-electron chi connectivity index (χ4n) is 2.07. The molecule has 2 rings (SSSR count). The number of amides is 1. The van der Waals surface area contributed by atoms with Crippen LogP contribution >= 0.6 is 0 Å². The first-order valence-corrected chi connectivity index (χ1v) is 6.82. The summed E-state index contributed by atoms with van der Waals surface area (Å²) in [6.07, 6.45) is 2.54. The SMILES string of the molecule is CC(CO)(NC(=O)CNCC1CC1)c1ccccc1. The molecule has 104 valence electrons. The number of aliphatic hydroxyl groups is 1. The molecule has 0 saturated heterocycles. The molecule has 4 heteroatoms. The molecule has 1 aromatic rings. The molecule has 0 bridgehead atoms. The van der Waals surface area contributed by atoms with Gasteiger partial charge in [0.15, 0.2) is 0 Å². The summed E-state index contributed by atoms with van der Waals surface area (Å²) in [5.74, 6) is 0.673. The molecule has 0 heterocycles. The summed E-state index contributed by atoms with van der Waals surface area (Å²) in [5, 5.41) is 15.6. The van der Waals surface area contributed by atoms with Crippen LogP contribution in [0.1, 0.15) is 25.3 Å². The summed E-state index contributed by atoms with van der Waals surface area (Å²) >= 11 is 0. The van der Waals surface area contributed by atoms with Gasteiger partial charge in [-0.1, -0.05) is 30.3 Å². The zero-order valence-electron chi connectivity index (χ0n) is 11.4. The minimum Gasteiger partial charge on any atom is -0.394 e. The number of hydrogen-bond donors (Lipinski definition) is 3. The Labute approximate surface area is 114 Å². The van der Waals surface area contributed by atoms with Crippen molar-refractivity contribution < 1.29 is 9.90 Å². The van der Waals surface area contributed by atoms with Gasteiger partial charge in [-0.05, 0) is 37.8 Å². The lowest BCUT2D eigenvalue weighted by molar-refractivity contribution is -0.122. The first-order valence-electron chi connectivity index (χ1n) is 6.82. The Morgan fingerprint density at radius 3 is 2.63 bits per heavy atom. The van der Waals surface area contributed by atoms with Crippen LogP contribution in [0.2, 0.25) is 0 Å². The first-order chi connectivity index (χ1) is 9.14. The normalized spacial score (nSPS) is 17.8. The first kappa shape index (κ1) is 14.0. The predicted octanol–water partition coefficient (Wildman–Crippen LogP) is 1.01. The van der Waals surface area contributed by atoms with Crippen molar-refractivity contribution in [1.82, 2.24) is 10.6 Å². The van der Waals surface area contributed by atoms with Crippen LogP contribution in [0.15, 0.2) is 30.3 Å². The van der Waals surface area contributed by atoms with Crippen molar-refractivity contribution in [3.8, 4) is 0 Å². The molecule has 0 spiro atoms. The fraction of sp³-hybridized carbons (Fsp3) is 0.533. The molecule has 1 unspecified atom stereocenters. The van der Waals surface area contributed by atoms with Gasteiger partial charge < -0.3 is 15.7 Å². The largest absolute Gasteiger partial charge is 0.394 e.